The summed E-state index contributed by atoms with van der Waals surface area (Å²) in [6.07, 6.45) is 0. The van der Waals surface area contributed by atoms with E-state index in [1.165, 1.54) is 6.07 Å². The number of nitrogens with one attached hydrogen (secondary N) is 1. The smallest absolute Gasteiger partial charge is 0.274 e. The predicted molar refractivity (Wildman–Crippen MR) is 77.8 cm³/mol. The molecular formula is C12H16BrN3O3S. The van der Waals surface area contributed by atoms with Gasteiger partial charge in [-0.1, -0.05) is 0 Å². The number of aromatic nitrogens is 2. The summed E-state index contributed by atoms with van der Waals surface area (Å²) in [5.74, 6) is 0. The molecule has 0 amide bonds. The number of hydrogen-bond donors (Lipinski definition) is 1. The monoisotopic (exact) mass is 361 g/mol. The molecule has 110 valence electrons. The maximum Gasteiger partial charge on any atom is 0.274 e. The molecule has 0 fully saturated rings. The first-order valence-corrected chi connectivity index (χ1v) is 8.40. The fourth-order valence-electron chi connectivity index (χ4n) is 1.98. The molecule has 20 heavy (non-hydrogen) atoms. The zero-order valence-electron chi connectivity index (χ0n) is 11.5. The summed E-state index contributed by atoms with van der Waals surface area (Å²) in [5.41, 5.74) is 2.68. The Balaban J connectivity index is 2.19. The Labute approximate surface area is 126 Å². The summed E-state index contributed by atoms with van der Waals surface area (Å²) >= 11 is 3.08. The number of hydrogen-bond acceptors (Lipinski definition) is 4. The van der Waals surface area contributed by atoms with Gasteiger partial charge in [-0.2, -0.15) is 5.10 Å². The van der Waals surface area contributed by atoms with Gasteiger partial charge in [-0.25, -0.2) is 13.1 Å². The minimum atomic E-state index is -3.65. The van der Waals surface area contributed by atoms with Crippen LogP contribution in [0, 0.1) is 13.8 Å². The van der Waals surface area contributed by atoms with Crippen LogP contribution in [0.4, 0.5) is 0 Å². The maximum atomic E-state index is 12.1. The number of aryl methyl sites for hydroxylation is 2. The van der Waals surface area contributed by atoms with Gasteiger partial charge in [0, 0.05) is 24.3 Å². The molecule has 6 nitrogen and oxygen atoms in total. The topological polar surface area (TPSA) is 77.1 Å². The lowest BCUT2D eigenvalue weighted by Gasteiger charge is -2.05. The van der Waals surface area contributed by atoms with Crippen LogP contribution in [-0.2, 0) is 23.1 Å². The van der Waals surface area contributed by atoms with Crippen LogP contribution < -0.4 is 4.72 Å². The standard InChI is InChI=1S/C12H16BrN3O3S/c1-4-16-9(3)10(8(2)15-16)7-14-20(17,18)12-6-5-11(13)19-12/h5-6,14H,4,7H2,1-3H3. The molecule has 0 spiro atoms. The zero-order valence-corrected chi connectivity index (χ0v) is 13.9. The fourth-order valence-corrected chi connectivity index (χ4v) is 3.32. The molecule has 0 aliphatic rings. The van der Waals surface area contributed by atoms with Gasteiger partial charge in [0.05, 0.1) is 5.69 Å². The maximum absolute atomic E-state index is 12.1. The van der Waals surface area contributed by atoms with Crippen molar-refractivity contribution in [3.8, 4) is 0 Å². The van der Waals surface area contributed by atoms with E-state index in [-0.39, 0.29) is 11.6 Å². The van der Waals surface area contributed by atoms with Gasteiger partial charge in [0.2, 0.25) is 5.09 Å². The number of furan rings is 1. The first-order chi connectivity index (χ1) is 9.35. The number of nitrogens with zero attached hydrogens (tertiary/aromatic N) is 2. The van der Waals surface area contributed by atoms with E-state index < -0.39 is 10.0 Å². The highest BCUT2D eigenvalue weighted by atomic mass is 79.9. The number of sulfonamides is 1. The average Bonchev–Trinajstić information content (AvgIpc) is 2.93. The van der Waals surface area contributed by atoms with E-state index in [1.807, 2.05) is 25.5 Å². The predicted octanol–water partition coefficient (Wildman–Crippen LogP) is 2.35. The molecule has 2 heterocycles. The van der Waals surface area contributed by atoms with Gasteiger partial charge < -0.3 is 4.42 Å². The van der Waals surface area contributed by atoms with Gasteiger partial charge in [-0.05, 0) is 48.8 Å². The molecule has 8 heteroatoms. The highest BCUT2D eigenvalue weighted by Gasteiger charge is 2.20. The zero-order chi connectivity index (χ0) is 14.9. The van der Waals surface area contributed by atoms with E-state index in [9.17, 15) is 8.42 Å². The lowest BCUT2D eigenvalue weighted by molar-refractivity contribution is 0.428. The van der Waals surface area contributed by atoms with Crippen molar-refractivity contribution in [2.24, 2.45) is 0 Å². The largest absolute Gasteiger partial charge is 0.437 e. The molecule has 0 atom stereocenters. The molecule has 0 saturated heterocycles. The summed E-state index contributed by atoms with van der Waals surface area (Å²) in [6, 6.07) is 2.95. The van der Waals surface area contributed by atoms with Gasteiger partial charge in [-0.15, -0.1) is 0 Å². The molecule has 0 aliphatic carbocycles. The van der Waals surface area contributed by atoms with Crippen LogP contribution >= 0.6 is 15.9 Å². The van der Waals surface area contributed by atoms with Gasteiger partial charge in [-0.3, -0.25) is 4.68 Å². The minimum Gasteiger partial charge on any atom is -0.437 e. The highest BCUT2D eigenvalue weighted by Crippen LogP contribution is 2.19. The minimum absolute atomic E-state index is 0.109. The average molecular weight is 362 g/mol. The van der Waals surface area contributed by atoms with Crippen molar-refractivity contribution in [3.63, 3.8) is 0 Å². The molecule has 1 N–H and O–H groups in total. The van der Waals surface area contributed by atoms with Crippen LogP contribution in [0.25, 0.3) is 0 Å². The summed E-state index contributed by atoms with van der Waals surface area (Å²) in [7, 11) is -3.65. The third kappa shape index (κ3) is 2.97. The normalized spacial score (nSPS) is 12.0. The van der Waals surface area contributed by atoms with Crippen LogP contribution in [0.1, 0.15) is 23.9 Å². The second-order valence-electron chi connectivity index (χ2n) is 4.35. The van der Waals surface area contributed by atoms with E-state index in [4.69, 9.17) is 4.42 Å². The molecule has 0 saturated carbocycles. The lowest BCUT2D eigenvalue weighted by Crippen LogP contribution is -2.23. The Morgan fingerprint density at radius 3 is 2.60 bits per heavy atom. The number of halogens is 1. The van der Waals surface area contributed by atoms with Gasteiger partial charge in [0.15, 0.2) is 4.67 Å². The van der Waals surface area contributed by atoms with Gasteiger partial charge in [0.1, 0.15) is 0 Å². The third-order valence-electron chi connectivity index (χ3n) is 3.08. The van der Waals surface area contributed by atoms with E-state index in [2.05, 4.69) is 25.8 Å². The fraction of sp³-hybridized carbons (Fsp3) is 0.417. The summed E-state index contributed by atoms with van der Waals surface area (Å²) in [4.78, 5) is 0. The Morgan fingerprint density at radius 1 is 1.40 bits per heavy atom. The van der Waals surface area contributed by atoms with Crippen LogP contribution in [0.3, 0.4) is 0 Å². The third-order valence-corrected chi connectivity index (χ3v) is 4.78. The Kier molecular flexibility index (Phi) is 4.36. The van der Waals surface area contributed by atoms with E-state index in [0.29, 0.717) is 4.67 Å². The number of rotatable bonds is 5. The first-order valence-electron chi connectivity index (χ1n) is 6.13. The Hall–Kier alpha value is -1.12. The van der Waals surface area contributed by atoms with Crippen LogP contribution in [0.15, 0.2) is 26.3 Å². The second-order valence-corrected chi connectivity index (χ2v) is 6.83. The molecule has 0 unspecified atom stereocenters. The lowest BCUT2D eigenvalue weighted by atomic mass is 10.2. The van der Waals surface area contributed by atoms with Crippen molar-refractivity contribution in [2.45, 2.75) is 39.0 Å². The second kappa shape index (κ2) is 5.71. The summed E-state index contributed by atoms with van der Waals surface area (Å²) in [5, 5.41) is 4.25. The molecule has 2 aromatic rings. The van der Waals surface area contributed by atoms with E-state index >= 15 is 0 Å². The van der Waals surface area contributed by atoms with Crippen molar-refractivity contribution in [1.82, 2.24) is 14.5 Å². The van der Waals surface area contributed by atoms with Crippen molar-refractivity contribution in [1.29, 1.82) is 0 Å². The van der Waals surface area contributed by atoms with Crippen LogP contribution in [0.5, 0.6) is 0 Å². The van der Waals surface area contributed by atoms with E-state index in [1.54, 1.807) is 6.07 Å². The van der Waals surface area contributed by atoms with Gasteiger partial charge >= 0.3 is 0 Å². The van der Waals surface area contributed by atoms with Crippen LogP contribution in [0.2, 0.25) is 0 Å². The van der Waals surface area contributed by atoms with Gasteiger partial charge in [0.25, 0.3) is 10.0 Å². The highest BCUT2D eigenvalue weighted by molar-refractivity contribution is 9.10. The first kappa shape index (κ1) is 15.3. The quantitative estimate of drug-likeness (QED) is 0.886. The van der Waals surface area contributed by atoms with Crippen molar-refractivity contribution in [3.05, 3.63) is 33.8 Å². The van der Waals surface area contributed by atoms with E-state index in [0.717, 1.165) is 23.5 Å². The molecule has 0 aliphatic heterocycles. The van der Waals surface area contributed by atoms with Crippen molar-refractivity contribution < 1.29 is 12.8 Å². The Morgan fingerprint density at radius 2 is 2.10 bits per heavy atom. The molecule has 0 aromatic carbocycles. The Bertz CT molecular complexity index is 718. The van der Waals surface area contributed by atoms with Crippen molar-refractivity contribution in [2.75, 3.05) is 0 Å². The molecular weight excluding hydrogens is 346 g/mol. The molecule has 2 rings (SSSR count). The van der Waals surface area contributed by atoms with Crippen LogP contribution in [-0.4, -0.2) is 18.2 Å². The molecule has 0 bridgehead atoms. The summed E-state index contributed by atoms with van der Waals surface area (Å²) < 4.78 is 34.0. The molecule has 2 aromatic heterocycles. The summed E-state index contributed by atoms with van der Waals surface area (Å²) in [6.45, 7) is 6.74. The SMILES string of the molecule is CCn1nc(C)c(CNS(=O)(=O)c2ccc(Br)o2)c1C. The van der Waals surface area contributed by atoms with Crippen molar-refractivity contribution >= 4 is 26.0 Å². The molecule has 0 radical (unpaired) electrons.